The van der Waals surface area contributed by atoms with Crippen LogP contribution >= 0.6 is 11.3 Å². The molecule has 94 valence electrons. The third-order valence-electron chi connectivity index (χ3n) is 2.36. The lowest BCUT2D eigenvalue weighted by Gasteiger charge is -2.23. The molecule has 1 aromatic rings. The third kappa shape index (κ3) is 4.58. The average Bonchev–Trinajstić information content (AvgIpc) is 2.79. The van der Waals surface area contributed by atoms with E-state index in [9.17, 15) is 4.79 Å². The Morgan fingerprint density at radius 2 is 2.35 bits per heavy atom. The molecule has 17 heavy (non-hydrogen) atoms. The standard InChI is InChI=1S/C12H19N3OS/c1-4-7-13-12(16)14-9-10(15(2)3)11-6-5-8-17-11/h4-6,8,10H,1,7,9H2,2-3H3,(H2,13,14,16). The largest absolute Gasteiger partial charge is 0.336 e. The summed E-state index contributed by atoms with van der Waals surface area (Å²) in [5.74, 6) is 0. The molecule has 0 saturated carbocycles. The van der Waals surface area contributed by atoms with Crippen LogP contribution in [-0.4, -0.2) is 38.1 Å². The summed E-state index contributed by atoms with van der Waals surface area (Å²) in [5.41, 5.74) is 0. The minimum Gasteiger partial charge on any atom is -0.336 e. The van der Waals surface area contributed by atoms with Crippen molar-refractivity contribution in [3.8, 4) is 0 Å². The van der Waals surface area contributed by atoms with Crippen LogP contribution in [0, 0.1) is 0 Å². The number of hydrogen-bond acceptors (Lipinski definition) is 3. The SMILES string of the molecule is C=CCNC(=O)NCC(c1cccs1)N(C)C. The van der Waals surface area contributed by atoms with Gasteiger partial charge in [0.15, 0.2) is 0 Å². The molecule has 1 aromatic heterocycles. The van der Waals surface area contributed by atoms with E-state index in [2.05, 4.69) is 28.2 Å². The van der Waals surface area contributed by atoms with Gasteiger partial charge in [-0.05, 0) is 25.5 Å². The average molecular weight is 253 g/mol. The molecule has 0 radical (unpaired) electrons. The van der Waals surface area contributed by atoms with Crippen LogP contribution in [0.4, 0.5) is 4.79 Å². The van der Waals surface area contributed by atoms with Gasteiger partial charge in [-0.2, -0.15) is 0 Å². The predicted molar refractivity (Wildman–Crippen MR) is 72.3 cm³/mol. The Labute approximate surface area is 106 Å². The van der Waals surface area contributed by atoms with Gasteiger partial charge in [0.2, 0.25) is 0 Å². The molecular formula is C12H19N3OS. The van der Waals surface area contributed by atoms with E-state index in [4.69, 9.17) is 0 Å². The highest BCUT2D eigenvalue weighted by molar-refractivity contribution is 7.10. The number of likely N-dealkylation sites (N-methyl/N-ethyl adjacent to an activating group) is 1. The van der Waals surface area contributed by atoms with Crippen molar-refractivity contribution in [1.29, 1.82) is 0 Å². The van der Waals surface area contributed by atoms with Gasteiger partial charge in [-0.1, -0.05) is 12.1 Å². The van der Waals surface area contributed by atoms with Crippen LogP contribution in [-0.2, 0) is 0 Å². The molecule has 0 saturated heterocycles. The number of nitrogens with one attached hydrogen (secondary N) is 2. The van der Waals surface area contributed by atoms with Crippen molar-refractivity contribution in [3.05, 3.63) is 35.0 Å². The molecule has 0 fully saturated rings. The topological polar surface area (TPSA) is 44.4 Å². The normalized spacial score (nSPS) is 12.2. The zero-order valence-corrected chi connectivity index (χ0v) is 11.1. The van der Waals surface area contributed by atoms with Gasteiger partial charge in [-0.25, -0.2) is 4.79 Å². The van der Waals surface area contributed by atoms with E-state index in [-0.39, 0.29) is 12.1 Å². The quantitative estimate of drug-likeness (QED) is 0.760. The van der Waals surface area contributed by atoms with E-state index in [1.54, 1.807) is 17.4 Å². The molecule has 4 nitrogen and oxygen atoms in total. The van der Waals surface area contributed by atoms with Gasteiger partial charge in [0.25, 0.3) is 0 Å². The van der Waals surface area contributed by atoms with E-state index in [0.717, 1.165) is 0 Å². The Hall–Kier alpha value is -1.33. The number of carbonyl (C=O) groups excluding carboxylic acids is 1. The van der Waals surface area contributed by atoms with Gasteiger partial charge in [0.1, 0.15) is 0 Å². The molecule has 1 unspecified atom stereocenters. The molecule has 0 spiro atoms. The van der Waals surface area contributed by atoms with Crippen molar-refractivity contribution in [2.45, 2.75) is 6.04 Å². The lowest BCUT2D eigenvalue weighted by molar-refractivity contribution is 0.234. The van der Waals surface area contributed by atoms with Crippen LogP contribution in [0.1, 0.15) is 10.9 Å². The second-order valence-electron chi connectivity index (χ2n) is 3.87. The Morgan fingerprint density at radius 3 is 2.88 bits per heavy atom. The molecule has 2 amide bonds. The summed E-state index contributed by atoms with van der Waals surface area (Å²) >= 11 is 1.70. The van der Waals surface area contributed by atoms with Gasteiger partial charge >= 0.3 is 6.03 Å². The molecule has 0 aliphatic rings. The molecule has 0 aromatic carbocycles. The third-order valence-corrected chi connectivity index (χ3v) is 3.33. The highest BCUT2D eigenvalue weighted by atomic mass is 32.1. The van der Waals surface area contributed by atoms with Gasteiger partial charge in [-0.15, -0.1) is 17.9 Å². The highest BCUT2D eigenvalue weighted by Gasteiger charge is 2.15. The van der Waals surface area contributed by atoms with Crippen molar-refractivity contribution in [2.75, 3.05) is 27.2 Å². The van der Waals surface area contributed by atoms with Gasteiger partial charge in [0, 0.05) is 18.0 Å². The summed E-state index contributed by atoms with van der Waals surface area (Å²) in [7, 11) is 4.02. The minimum absolute atomic E-state index is 0.159. The van der Waals surface area contributed by atoms with E-state index in [1.807, 2.05) is 25.5 Å². The van der Waals surface area contributed by atoms with Crippen LogP contribution < -0.4 is 10.6 Å². The number of urea groups is 1. The summed E-state index contributed by atoms with van der Waals surface area (Å²) in [6.45, 7) is 4.63. The maximum absolute atomic E-state index is 11.4. The maximum Gasteiger partial charge on any atom is 0.315 e. The van der Waals surface area contributed by atoms with E-state index in [1.165, 1.54) is 4.88 Å². The lowest BCUT2D eigenvalue weighted by atomic mass is 10.2. The summed E-state index contributed by atoms with van der Waals surface area (Å²) < 4.78 is 0. The number of carbonyl (C=O) groups is 1. The van der Waals surface area contributed by atoms with E-state index < -0.39 is 0 Å². The molecule has 1 heterocycles. The predicted octanol–water partition coefficient (Wildman–Crippen LogP) is 1.84. The van der Waals surface area contributed by atoms with Crippen LogP contribution in [0.5, 0.6) is 0 Å². The molecular weight excluding hydrogens is 234 g/mol. The lowest BCUT2D eigenvalue weighted by Crippen LogP contribution is -2.40. The van der Waals surface area contributed by atoms with Crippen LogP contribution in [0.15, 0.2) is 30.2 Å². The number of rotatable bonds is 6. The molecule has 0 bridgehead atoms. The van der Waals surface area contributed by atoms with Crippen LogP contribution in [0.2, 0.25) is 0 Å². The Balaban J connectivity index is 2.46. The fourth-order valence-corrected chi connectivity index (χ4v) is 2.36. The van der Waals surface area contributed by atoms with Crippen molar-refractivity contribution in [1.82, 2.24) is 15.5 Å². The first kappa shape index (κ1) is 13.7. The molecule has 2 N–H and O–H groups in total. The van der Waals surface area contributed by atoms with Crippen molar-refractivity contribution in [2.24, 2.45) is 0 Å². The van der Waals surface area contributed by atoms with Gasteiger partial charge < -0.3 is 15.5 Å². The van der Waals surface area contributed by atoms with Crippen molar-refractivity contribution < 1.29 is 4.79 Å². The summed E-state index contributed by atoms with van der Waals surface area (Å²) in [5, 5.41) is 7.59. The fourth-order valence-electron chi connectivity index (χ4n) is 1.44. The Kier molecular flexibility index (Phi) is 5.72. The summed E-state index contributed by atoms with van der Waals surface area (Å²) in [4.78, 5) is 14.8. The van der Waals surface area contributed by atoms with Crippen LogP contribution in [0.3, 0.4) is 0 Å². The first-order chi connectivity index (χ1) is 8.15. The smallest absolute Gasteiger partial charge is 0.315 e. The molecule has 1 rings (SSSR count). The number of amides is 2. The first-order valence-corrected chi connectivity index (χ1v) is 6.35. The van der Waals surface area contributed by atoms with E-state index >= 15 is 0 Å². The second kappa shape index (κ2) is 7.09. The maximum atomic E-state index is 11.4. The van der Waals surface area contributed by atoms with Crippen LogP contribution in [0.25, 0.3) is 0 Å². The van der Waals surface area contributed by atoms with Gasteiger partial charge in [-0.3, -0.25) is 0 Å². The Bertz CT molecular complexity index is 349. The Morgan fingerprint density at radius 1 is 1.59 bits per heavy atom. The van der Waals surface area contributed by atoms with E-state index in [0.29, 0.717) is 13.1 Å². The number of thiophene rings is 1. The highest BCUT2D eigenvalue weighted by Crippen LogP contribution is 2.22. The summed E-state index contributed by atoms with van der Waals surface area (Å²) in [6.07, 6.45) is 1.66. The summed E-state index contributed by atoms with van der Waals surface area (Å²) in [6, 6.07) is 4.16. The molecule has 0 aliphatic carbocycles. The monoisotopic (exact) mass is 253 g/mol. The minimum atomic E-state index is -0.159. The zero-order valence-electron chi connectivity index (χ0n) is 10.3. The van der Waals surface area contributed by atoms with Crippen molar-refractivity contribution in [3.63, 3.8) is 0 Å². The van der Waals surface area contributed by atoms with Crippen molar-refractivity contribution >= 4 is 17.4 Å². The number of nitrogens with zero attached hydrogens (tertiary/aromatic N) is 1. The molecule has 0 aliphatic heterocycles. The zero-order chi connectivity index (χ0) is 12.7. The molecule has 1 atom stereocenters. The fraction of sp³-hybridized carbons (Fsp3) is 0.417. The second-order valence-corrected chi connectivity index (χ2v) is 4.85. The molecule has 5 heteroatoms. The number of hydrogen-bond donors (Lipinski definition) is 2. The first-order valence-electron chi connectivity index (χ1n) is 5.47. The van der Waals surface area contributed by atoms with Gasteiger partial charge in [0.05, 0.1) is 6.04 Å².